The van der Waals surface area contributed by atoms with Crippen molar-refractivity contribution in [1.29, 1.82) is 0 Å². The fourth-order valence-electron chi connectivity index (χ4n) is 1.81. The molecule has 1 aliphatic rings. The second kappa shape index (κ2) is 10.9. The lowest BCUT2D eigenvalue weighted by Crippen LogP contribution is -2.41. The number of guanidine groups is 1. The first-order valence-corrected chi connectivity index (χ1v) is 7.85. The average Bonchev–Trinajstić information content (AvgIpc) is 3.27. The fraction of sp³-hybridized carbons (Fsp3) is 0.933. The van der Waals surface area contributed by atoms with Gasteiger partial charge in [-0.3, -0.25) is 4.99 Å². The van der Waals surface area contributed by atoms with Gasteiger partial charge in [-0.05, 0) is 25.2 Å². The van der Waals surface area contributed by atoms with E-state index in [0.29, 0.717) is 0 Å². The molecule has 0 aromatic heterocycles. The van der Waals surface area contributed by atoms with Gasteiger partial charge in [0.25, 0.3) is 0 Å². The van der Waals surface area contributed by atoms with Crippen LogP contribution in [0.15, 0.2) is 4.99 Å². The number of nitrogens with one attached hydrogen (secondary N) is 1. The Labute approximate surface area is 123 Å². The number of ether oxygens (including phenoxy) is 2. The van der Waals surface area contributed by atoms with E-state index in [9.17, 15) is 0 Å². The van der Waals surface area contributed by atoms with Crippen molar-refractivity contribution >= 4 is 5.96 Å². The van der Waals surface area contributed by atoms with E-state index in [-0.39, 0.29) is 0 Å². The summed E-state index contributed by atoms with van der Waals surface area (Å²) in [7, 11) is 3.84. The molecule has 1 rings (SSSR count). The van der Waals surface area contributed by atoms with E-state index in [1.54, 1.807) is 0 Å². The third kappa shape index (κ3) is 8.38. The molecular weight excluding hydrogens is 254 g/mol. The summed E-state index contributed by atoms with van der Waals surface area (Å²) in [6, 6.07) is 0. The molecule has 0 atom stereocenters. The SMILES string of the molecule is CCCCOCCNC(=NC)N(C)CCOCC1CC1. The van der Waals surface area contributed by atoms with Gasteiger partial charge >= 0.3 is 0 Å². The molecule has 1 N–H and O–H groups in total. The summed E-state index contributed by atoms with van der Waals surface area (Å²) in [4.78, 5) is 6.36. The number of hydrogen-bond donors (Lipinski definition) is 1. The van der Waals surface area contributed by atoms with E-state index in [1.165, 1.54) is 19.3 Å². The van der Waals surface area contributed by atoms with Gasteiger partial charge in [0, 0.05) is 40.4 Å². The van der Waals surface area contributed by atoms with E-state index in [2.05, 4.69) is 22.1 Å². The highest BCUT2D eigenvalue weighted by Crippen LogP contribution is 2.28. The minimum Gasteiger partial charge on any atom is -0.380 e. The Bertz CT molecular complexity index is 268. The van der Waals surface area contributed by atoms with Gasteiger partial charge in [-0.1, -0.05) is 13.3 Å². The maximum Gasteiger partial charge on any atom is 0.193 e. The molecule has 0 aromatic rings. The summed E-state index contributed by atoms with van der Waals surface area (Å²) in [6.45, 7) is 7.09. The van der Waals surface area contributed by atoms with Crippen molar-refractivity contribution < 1.29 is 9.47 Å². The van der Waals surface area contributed by atoms with Crippen LogP contribution in [0.1, 0.15) is 32.6 Å². The number of hydrogen-bond acceptors (Lipinski definition) is 3. The quantitative estimate of drug-likeness (QED) is 0.357. The third-order valence-electron chi connectivity index (χ3n) is 3.37. The Kier molecular flexibility index (Phi) is 9.41. The second-order valence-corrected chi connectivity index (χ2v) is 5.38. The first-order chi connectivity index (χ1) is 9.77. The van der Waals surface area contributed by atoms with Gasteiger partial charge in [0.15, 0.2) is 5.96 Å². The minimum atomic E-state index is 0.727. The van der Waals surface area contributed by atoms with E-state index in [1.807, 2.05) is 14.1 Å². The highest BCUT2D eigenvalue weighted by Gasteiger charge is 2.21. The largest absolute Gasteiger partial charge is 0.380 e. The zero-order valence-electron chi connectivity index (χ0n) is 13.4. The molecular formula is C15H31N3O2. The van der Waals surface area contributed by atoms with Crippen LogP contribution in [-0.2, 0) is 9.47 Å². The van der Waals surface area contributed by atoms with Gasteiger partial charge in [-0.2, -0.15) is 0 Å². The van der Waals surface area contributed by atoms with E-state index in [0.717, 1.165) is 57.8 Å². The van der Waals surface area contributed by atoms with Crippen molar-refractivity contribution in [2.75, 3.05) is 53.6 Å². The van der Waals surface area contributed by atoms with Crippen LogP contribution >= 0.6 is 0 Å². The Morgan fingerprint density at radius 3 is 2.70 bits per heavy atom. The predicted molar refractivity (Wildman–Crippen MR) is 83.3 cm³/mol. The monoisotopic (exact) mass is 285 g/mol. The maximum atomic E-state index is 5.64. The van der Waals surface area contributed by atoms with Crippen molar-refractivity contribution in [3.63, 3.8) is 0 Å². The van der Waals surface area contributed by atoms with Gasteiger partial charge in [-0.25, -0.2) is 0 Å². The lowest BCUT2D eigenvalue weighted by atomic mass is 10.4. The van der Waals surface area contributed by atoms with Crippen LogP contribution in [0, 0.1) is 5.92 Å². The molecule has 5 nitrogen and oxygen atoms in total. The van der Waals surface area contributed by atoms with Gasteiger partial charge in [0.05, 0.1) is 13.2 Å². The van der Waals surface area contributed by atoms with E-state index >= 15 is 0 Å². The highest BCUT2D eigenvalue weighted by molar-refractivity contribution is 5.79. The zero-order valence-corrected chi connectivity index (χ0v) is 13.4. The summed E-state index contributed by atoms with van der Waals surface area (Å²) in [6.07, 6.45) is 5.00. The maximum absolute atomic E-state index is 5.64. The summed E-state index contributed by atoms with van der Waals surface area (Å²) >= 11 is 0. The summed E-state index contributed by atoms with van der Waals surface area (Å²) in [5.74, 6) is 1.73. The van der Waals surface area contributed by atoms with Crippen molar-refractivity contribution in [2.24, 2.45) is 10.9 Å². The van der Waals surface area contributed by atoms with Gasteiger partial charge < -0.3 is 19.7 Å². The Hall–Kier alpha value is -0.810. The molecule has 1 fully saturated rings. The van der Waals surface area contributed by atoms with Gasteiger partial charge in [-0.15, -0.1) is 0 Å². The minimum absolute atomic E-state index is 0.727. The molecule has 1 saturated carbocycles. The fourth-order valence-corrected chi connectivity index (χ4v) is 1.81. The number of nitrogens with zero attached hydrogens (tertiary/aromatic N) is 2. The normalized spacial score (nSPS) is 15.4. The van der Waals surface area contributed by atoms with Crippen molar-refractivity contribution in [1.82, 2.24) is 10.2 Å². The molecule has 0 spiro atoms. The number of aliphatic imine (C=N–C) groups is 1. The average molecular weight is 285 g/mol. The van der Waals surface area contributed by atoms with Crippen LogP contribution in [-0.4, -0.2) is 64.5 Å². The lowest BCUT2D eigenvalue weighted by Gasteiger charge is -2.22. The van der Waals surface area contributed by atoms with Crippen molar-refractivity contribution in [3.8, 4) is 0 Å². The lowest BCUT2D eigenvalue weighted by molar-refractivity contribution is 0.114. The van der Waals surface area contributed by atoms with E-state index in [4.69, 9.17) is 9.47 Å². The third-order valence-corrected chi connectivity index (χ3v) is 3.37. The van der Waals surface area contributed by atoms with Crippen LogP contribution in [0.5, 0.6) is 0 Å². The molecule has 1 aliphatic carbocycles. The van der Waals surface area contributed by atoms with Crippen LogP contribution < -0.4 is 5.32 Å². The number of rotatable bonds is 11. The molecule has 0 bridgehead atoms. The summed E-state index contributed by atoms with van der Waals surface area (Å²) < 4.78 is 11.2. The zero-order chi connectivity index (χ0) is 14.6. The molecule has 0 aliphatic heterocycles. The Balaban J connectivity index is 2.00. The molecule has 20 heavy (non-hydrogen) atoms. The van der Waals surface area contributed by atoms with Crippen LogP contribution in [0.25, 0.3) is 0 Å². The smallest absolute Gasteiger partial charge is 0.193 e. The highest BCUT2D eigenvalue weighted by atomic mass is 16.5. The summed E-state index contributed by atoms with van der Waals surface area (Å²) in [5.41, 5.74) is 0. The van der Waals surface area contributed by atoms with Crippen molar-refractivity contribution in [3.05, 3.63) is 0 Å². The molecule has 0 amide bonds. The first-order valence-electron chi connectivity index (χ1n) is 7.85. The van der Waals surface area contributed by atoms with Gasteiger partial charge in [0.1, 0.15) is 0 Å². The Morgan fingerprint density at radius 2 is 2.05 bits per heavy atom. The first kappa shape index (κ1) is 17.2. The number of unbranched alkanes of at least 4 members (excludes halogenated alkanes) is 1. The molecule has 0 saturated heterocycles. The van der Waals surface area contributed by atoms with E-state index < -0.39 is 0 Å². The standard InChI is InChI=1S/C15H31N3O2/c1-4-5-10-19-11-8-17-15(16-2)18(3)9-12-20-13-14-6-7-14/h14H,4-13H2,1-3H3,(H,16,17). The predicted octanol–water partition coefficient (Wildman–Crippen LogP) is 1.74. The molecule has 5 heteroatoms. The number of likely N-dealkylation sites (N-methyl/N-ethyl adjacent to an activating group) is 1. The van der Waals surface area contributed by atoms with Gasteiger partial charge in [0.2, 0.25) is 0 Å². The molecule has 0 unspecified atom stereocenters. The topological polar surface area (TPSA) is 46.1 Å². The second-order valence-electron chi connectivity index (χ2n) is 5.38. The molecule has 118 valence electrons. The molecule has 0 radical (unpaired) electrons. The molecule has 0 aromatic carbocycles. The van der Waals surface area contributed by atoms with Crippen LogP contribution in [0.3, 0.4) is 0 Å². The van der Waals surface area contributed by atoms with Crippen LogP contribution in [0.4, 0.5) is 0 Å². The van der Waals surface area contributed by atoms with Crippen LogP contribution in [0.2, 0.25) is 0 Å². The Morgan fingerprint density at radius 1 is 1.25 bits per heavy atom. The summed E-state index contributed by atoms with van der Waals surface area (Å²) in [5, 5.41) is 3.30. The van der Waals surface area contributed by atoms with Crippen molar-refractivity contribution in [2.45, 2.75) is 32.6 Å². The molecule has 0 heterocycles.